The van der Waals surface area contributed by atoms with Crippen LogP contribution in [0.3, 0.4) is 0 Å². The van der Waals surface area contributed by atoms with Gasteiger partial charge in [0, 0.05) is 36.1 Å². The maximum Gasteiger partial charge on any atom is 0.272 e. The Hall–Kier alpha value is -4.07. The van der Waals surface area contributed by atoms with E-state index >= 15 is 0 Å². The van der Waals surface area contributed by atoms with Crippen molar-refractivity contribution in [2.45, 2.75) is 25.8 Å². The van der Waals surface area contributed by atoms with Gasteiger partial charge in [0.1, 0.15) is 17.4 Å². The Bertz CT molecular complexity index is 1300. The molecule has 0 unspecified atom stereocenters. The summed E-state index contributed by atoms with van der Waals surface area (Å²) in [7, 11) is 0. The van der Waals surface area contributed by atoms with E-state index in [1.54, 1.807) is 47.3 Å². The van der Waals surface area contributed by atoms with Crippen LogP contribution >= 0.6 is 0 Å². The van der Waals surface area contributed by atoms with Crippen molar-refractivity contribution in [3.63, 3.8) is 0 Å². The second kappa shape index (κ2) is 8.82. The summed E-state index contributed by atoms with van der Waals surface area (Å²) < 4.78 is 33.9. The summed E-state index contributed by atoms with van der Waals surface area (Å²) >= 11 is 0. The highest BCUT2D eigenvalue weighted by Gasteiger charge is 2.26. The lowest BCUT2D eigenvalue weighted by molar-refractivity contribution is 0.0944. The van der Waals surface area contributed by atoms with E-state index in [9.17, 15) is 13.6 Å². The zero-order chi connectivity index (χ0) is 22.8. The Morgan fingerprint density at radius 2 is 1.88 bits per heavy atom. The molecule has 1 N–H and O–H groups in total. The Balaban J connectivity index is 1.27. The van der Waals surface area contributed by atoms with Gasteiger partial charge in [-0.3, -0.25) is 4.79 Å². The second-order valence-corrected chi connectivity index (χ2v) is 7.76. The molecular weight excluding hydrogens is 426 g/mol. The summed E-state index contributed by atoms with van der Waals surface area (Å²) in [5, 5.41) is 7.42. The molecule has 0 fully saturated rings. The number of carbonyl (C=O) groups is 1. The molecule has 2 aromatic heterocycles. The monoisotopic (exact) mass is 446 g/mol. The largest absolute Gasteiger partial charge is 0.439 e. The molecule has 0 saturated heterocycles. The van der Waals surface area contributed by atoms with Crippen molar-refractivity contribution in [2.75, 3.05) is 0 Å². The zero-order valence-electron chi connectivity index (χ0n) is 17.6. The van der Waals surface area contributed by atoms with Crippen molar-refractivity contribution in [1.82, 2.24) is 20.1 Å². The van der Waals surface area contributed by atoms with Gasteiger partial charge in [-0.25, -0.2) is 18.4 Å². The van der Waals surface area contributed by atoms with Crippen LogP contribution < -0.4 is 10.1 Å². The fourth-order valence-electron chi connectivity index (χ4n) is 3.91. The van der Waals surface area contributed by atoms with Crippen LogP contribution in [0.15, 0.2) is 66.9 Å². The molecule has 2 heterocycles. The number of hydrogen-bond acceptors (Lipinski definition) is 4. The standard InChI is InChI=1S/C25H20F2N4O2/c26-17-8-10-19(11-9-17)31-22-6-2-5-21(22)24(30-31)25(32)29-15-16-7-12-23(28-14-16)33-20-4-1-3-18(27)13-20/h1,3-4,7-14H,2,5-6,15H2,(H,29,32). The number of carbonyl (C=O) groups excluding carboxylic acids is 1. The van der Waals surface area contributed by atoms with E-state index in [0.717, 1.165) is 41.8 Å². The maximum absolute atomic E-state index is 13.3. The second-order valence-electron chi connectivity index (χ2n) is 7.76. The molecule has 0 aliphatic heterocycles. The van der Waals surface area contributed by atoms with Gasteiger partial charge in [-0.1, -0.05) is 12.1 Å². The molecule has 1 aliphatic rings. The number of pyridine rings is 1. The lowest BCUT2D eigenvalue weighted by atomic mass is 10.2. The van der Waals surface area contributed by atoms with Gasteiger partial charge in [0.25, 0.3) is 5.91 Å². The molecule has 166 valence electrons. The molecular formula is C25H20F2N4O2. The smallest absolute Gasteiger partial charge is 0.272 e. The first kappa shape index (κ1) is 20.8. The number of nitrogens with zero attached hydrogens (tertiary/aromatic N) is 3. The van der Waals surface area contributed by atoms with Crippen LogP contribution in [0.25, 0.3) is 5.69 Å². The van der Waals surface area contributed by atoms with Crippen LogP contribution in [-0.4, -0.2) is 20.7 Å². The maximum atomic E-state index is 13.3. The molecule has 8 heteroatoms. The molecule has 0 spiro atoms. The minimum Gasteiger partial charge on any atom is -0.439 e. The molecule has 1 amide bonds. The normalized spacial score (nSPS) is 12.4. The van der Waals surface area contributed by atoms with Gasteiger partial charge < -0.3 is 10.1 Å². The Kier molecular flexibility index (Phi) is 5.56. The van der Waals surface area contributed by atoms with E-state index in [1.807, 2.05) is 0 Å². The van der Waals surface area contributed by atoms with E-state index in [2.05, 4.69) is 15.4 Å². The minimum absolute atomic E-state index is 0.268. The number of nitrogens with one attached hydrogen (secondary N) is 1. The predicted molar refractivity (Wildman–Crippen MR) is 117 cm³/mol. The number of ether oxygens (including phenoxy) is 1. The Morgan fingerprint density at radius 1 is 1.03 bits per heavy atom. The molecule has 0 atom stereocenters. The summed E-state index contributed by atoms with van der Waals surface area (Å²) in [6.07, 6.45) is 4.15. The minimum atomic E-state index is -0.389. The van der Waals surface area contributed by atoms with Gasteiger partial charge in [0.05, 0.1) is 5.69 Å². The zero-order valence-corrected chi connectivity index (χ0v) is 17.6. The van der Waals surface area contributed by atoms with E-state index in [-0.39, 0.29) is 24.1 Å². The number of hydrogen-bond donors (Lipinski definition) is 1. The molecule has 0 saturated carbocycles. The first-order valence-corrected chi connectivity index (χ1v) is 10.6. The van der Waals surface area contributed by atoms with Crippen LogP contribution in [0.2, 0.25) is 0 Å². The summed E-state index contributed by atoms with van der Waals surface area (Å²) in [5.41, 5.74) is 3.84. The van der Waals surface area contributed by atoms with Gasteiger partial charge in [0.2, 0.25) is 5.88 Å². The third-order valence-corrected chi connectivity index (χ3v) is 5.49. The molecule has 0 bridgehead atoms. The van der Waals surface area contributed by atoms with E-state index in [0.29, 0.717) is 17.3 Å². The van der Waals surface area contributed by atoms with Gasteiger partial charge in [-0.15, -0.1) is 0 Å². The lowest BCUT2D eigenvalue weighted by Crippen LogP contribution is -2.24. The van der Waals surface area contributed by atoms with E-state index in [4.69, 9.17) is 4.74 Å². The molecule has 6 nitrogen and oxygen atoms in total. The van der Waals surface area contributed by atoms with Crippen molar-refractivity contribution in [1.29, 1.82) is 0 Å². The summed E-state index contributed by atoms with van der Waals surface area (Å²) in [5.74, 6) is -0.295. The highest BCUT2D eigenvalue weighted by Crippen LogP contribution is 2.28. The number of halogens is 2. The molecule has 0 radical (unpaired) electrons. The predicted octanol–water partition coefficient (Wildman–Crippen LogP) is 4.76. The molecule has 33 heavy (non-hydrogen) atoms. The van der Waals surface area contributed by atoms with Crippen molar-refractivity contribution >= 4 is 5.91 Å². The third kappa shape index (κ3) is 4.45. The van der Waals surface area contributed by atoms with Crippen molar-refractivity contribution in [3.8, 4) is 17.3 Å². The van der Waals surface area contributed by atoms with Crippen molar-refractivity contribution in [2.24, 2.45) is 0 Å². The molecule has 5 rings (SSSR count). The number of fused-ring (bicyclic) bond motifs is 1. The molecule has 1 aliphatic carbocycles. The topological polar surface area (TPSA) is 69.0 Å². The van der Waals surface area contributed by atoms with E-state index in [1.165, 1.54) is 24.3 Å². The van der Waals surface area contributed by atoms with Crippen LogP contribution in [0.5, 0.6) is 11.6 Å². The van der Waals surface area contributed by atoms with Crippen LogP contribution in [0, 0.1) is 11.6 Å². The fourth-order valence-corrected chi connectivity index (χ4v) is 3.91. The highest BCUT2D eigenvalue weighted by atomic mass is 19.1. The van der Waals surface area contributed by atoms with Crippen LogP contribution in [-0.2, 0) is 19.4 Å². The average Bonchev–Trinajstić information content (AvgIpc) is 3.42. The Morgan fingerprint density at radius 3 is 2.64 bits per heavy atom. The molecule has 2 aromatic carbocycles. The summed E-state index contributed by atoms with van der Waals surface area (Å²) in [4.78, 5) is 17.1. The first-order chi connectivity index (χ1) is 16.1. The number of rotatable bonds is 6. The molecule has 4 aromatic rings. The highest BCUT2D eigenvalue weighted by molar-refractivity contribution is 5.94. The van der Waals surface area contributed by atoms with Gasteiger partial charge in [0.15, 0.2) is 5.69 Å². The van der Waals surface area contributed by atoms with Crippen LogP contribution in [0.4, 0.5) is 8.78 Å². The fraction of sp³-hybridized carbons (Fsp3) is 0.160. The summed E-state index contributed by atoms with van der Waals surface area (Å²) in [6, 6.07) is 15.3. The van der Waals surface area contributed by atoms with Gasteiger partial charge >= 0.3 is 0 Å². The van der Waals surface area contributed by atoms with E-state index < -0.39 is 0 Å². The first-order valence-electron chi connectivity index (χ1n) is 10.6. The number of amides is 1. The van der Waals surface area contributed by atoms with Crippen molar-refractivity contribution in [3.05, 3.63) is 101 Å². The van der Waals surface area contributed by atoms with Crippen LogP contribution in [0.1, 0.15) is 33.7 Å². The average molecular weight is 446 g/mol. The number of benzene rings is 2. The summed E-state index contributed by atoms with van der Waals surface area (Å²) in [6.45, 7) is 0.268. The van der Waals surface area contributed by atoms with Gasteiger partial charge in [-0.05, 0) is 61.2 Å². The lowest BCUT2D eigenvalue weighted by Gasteiger charge is -2.07. The van der Waals surface area contributed by atoms with Gasteiger partial charge in [-0.2, -0.15) is 5.10 Å². The quantitative estimate of drug-likeness (QED) is 0.464. The SMILES string of the molecule is O=C(NCc1ccc(Oc2cccc(F)c2)nc1)c1nn(-c2ccc(F)cc2)c2c1CCC2. The third-order valence-electron chi connectivity index (χ3n) is 5.49. The van der Waals surface area contributed by atoms with Crippen molar-refractivity contribution < 1.29 is 18.3 Å². The Labute approximate surface area is 188 Å². The number of aromatic nitrogens is 3.